The van der Waals surface area contributed by atoms with Crippen molar-refractivity contribution in [3.8, 4) is 0 Å². The molecule has 0 radical (unpaired) electrons. The van der Waals surface area contributed by atoms with Gasteiger partial charge < -0.3 is 14.5 Å². The second-order valence-electron chi connectivity index (χ2n) is 9.04. The Hall–Kier alpha value is -2.02. The minimum atomic E-state index is -0.182. The summed E-state index contributed by atoms with van der Waals surface area (Å²) in [5.41, 5.74) is 1.28. The average Bonchev–Trinajstić information content (AvgIpc) is 2.87. The molecule has 196 valence electrons. The van der Waals surface area contributed by atoms with E-state index in [1.165, 1.54) is 25.7 Å². The number of hydrogen-bond acceptors (Lipinski definition) is 4. The van der Waals surface area contributed by atoms with Gasteiger partial charge in [0.1, 0.15) is 5.76 Å². The zero-order valence-electron chi connectivity index (χ0n) is 22.7. The van der Waals surface area contributed by atoms with E-state index in [1.807, 2.05) is 31.2 Å². The first-order chi connectivity index (χ1) is 16.9. The Labute approximate surface area is 218 Å². The predicted octanol–water partition coefficient (Wildman–Crippen LogP) is 7.10. The van der Waals surface area contributed by atoms with Crippen molar-refractivity contribution in [2.24, 2.45) is 0 Å². The van der Waals surface area contributed by atoms with Crippen molar-refractivity contribution < 1.29 is 14.0 Å². The van der Waals surface area contributed by atoms with Crippen LogP contribution in [0.4, 0.5) is 5.69 Å². The van der Waals surface area contributed by atoms with Crippen LogP contribution < -0.4 is 10.0 Å². The first-order valence-corrected chi connectivity index (χ1v) is 14.0. The molecule has 0 fully saturated rings. The maximum atomic E-state index is 13.0. The van der Waals surface area contributed by atoms with Gasteiger partial charge in [0, 0.05) is 10.6 Å². The fraction of sp³-hybridized carbons (Fsp3) is 0.552. The maximum absolute atomic E-state index is 13.0. The number of nitrogens with zero attached hydrogens (tertiary/aromatic N) is 1. The summed E-state index contributed by atoms with van der Waals surface area (Å²) in [7, 11) is 2.29. The third-order valence-electron chi connectivity index (χ3n) is 6.41. The second-order valence-corrected chi connectivity index (χ2v) is 10.00. The molecule has 2 N–H and O–H groups in total. The molecule has 0 unspecified atom stereocenters. The van der Waals surface area contributed by atoms with Crippen molar-refractivity contribution in [1.29, 1.82) is 0 Å². The molecule has 0 spiro atoms. The van der Waals surface area contributed by atoms with Gasteiger partial charge in [-0.05, 0) is 69.5 Å². The van der Waals surface area contributed by atoms with Crippen LogP contribution in [0.3, 0.4) is 0 Å². The van der Waals surface area contributed by atoms with E-state index in [0.29, 0.717) is 17.9 Å². The van der Waals surface area contributed by atoms with Gasteiger partial charge in [-0.3, -0.25) is 9.52 Å². The number of allylic oxidation sites excluding steroid dienone is 3. The summed E-state index contributed by atoms with van der Waals surface area (Å²) >= 11 is 1.62. The average molecular weight is 503 g/mol. The molecule has 1 aromatic carbocycles. The number of rotatable bonds is 19. The predicted molar refractivity (Wildman–Crippen MR) is 152 cm³/mol. The highest BCUT2D eigenvalue weighted by Gasteiger charge is 2.16. The molecule has 0 atom stereocenters. The Bertz CT molecular complexity index is 799. The van der Waals surface area contributed by atoms with Crippen molar-refractivity contribution in [3.63, 3.8) is 0 Å². The first-order valence-electron chi connectivity index (χ1n) is 13.2. The van der Waals surface area contributed by atoms with Gasteiger partial charge in [-0.25, -0.2) is 0 Å². The summed E-state index contributed by atoms with van der Waals surface area (Å²) in [4.78, 5) is 14.1. The van der Waals surface area contributed by atoms with Gasteiger partial charge in [-0.15, -0.1) is 0 Å². The Kier molecular flexibility index (Phi) is 16.2. The Morgan fingerprint density at radius 1 is 1.06 bits per heavy atom. The lowest BCUT2D eigenvalue weighted by molar-refractivity contribution is -0.904. The van der Waals surface area contributed by atoms with Crippen molar-refractivity contribution in [3.05, 3.63) is 60.4 Å². The van der Waals surface area contributed by atoms with E-state index < -0.39 is 0 Å². The van der Waals surface area contributed by atoms with Gasteiger partial charge in [0.2, 0.25) is 0 Å². The molecule has 6 heteroatoms. The summed E-state index contributed by atoms with van der Waals surface area (Å²) in [6, 6.07) is 7.90. The normalized spacial score (nSPS) is 12.5. The topological polar surface area (TPSA) is 50.4 Å². The number of benzene rings is 1. The van der Waals surface area contributed by atoms with Crippen molar-refractivity contribution in [1.82, 2.24) is 4.72 Å². The number of nitrogens with one attached hydrogen (secondary N) is 2. The molecule has 0 saturated carbocycles. The van der Waals surface area contributed by atoms with E-state index in [9.17, 15) is 4.79 Å². The Morgan fingerprint density at radius 2 is 1.71 bits per heavy atom. The zero-order valence-corrected chi connectivity index (χ0v) is 23.5. The van der Waals surface area contributed by atoms with E-state index in [2.05, 4.69) is 44.4 Å². The molecule has 0 aromatic heterocycles. The number of unbranched alkanes of at least 4 members (excludes halogenated alkanes) is 5. The summed E-state index contributed by atoms with van der Waals surface area (Å²) in [5, 5.41) is 2.99. The second kappa shape index (κ2) is 18.3. The molecule has 35 heavy (non-hydrogen) atoms. The van der Waals surface area contributed by atoms with Gasteiger partial charge in [-0.1, -0.05) is 57.8 Å². The lowest BCUT2D eigenvalue weighted by atomic mass is 10.1. The molecule has 0 aliphatic carbocycles. The van der Waals surface area contributed by atoms with Crippen molar-refractivity contribution in [2.75, 3.05) is 45.2 Å². The van der Waals surface area contributed by atoms with Crippen molar-refractivity contribution >= 4 is 23.5 Å². The molecular weight excluding hydrogens is 454 g/mol. The molecule has 0 aliphatic heterocycles. The quantitative estimate of drug-likeness (QED) is 0.0529. The number of quaternary nitrogens is 1. The van der Waals surface area contributed by atoms with Gasteiger partial charge >= 0.3 is 0 Å². The van der Waals surface area contributed by atoms with E-state index in [1.54, 1.807) is 30.2 Å². The standard InChI is InChI=1S/C29H47N3O2S/c1-7-12-13-14-15-16-24-34-28(17-8-2)27(9-3)29(33)31-25-18-20-26(21-19-25)35-30-22-23-32(6,10-4)11-5/h8-9,17-21,30H,2,7,10-16,22-24H2,1,3-6H3/p+1/b27-9+,28-17+. The van der Waals surface area contributed by atoms with E-state index in [-0.39, 0.29) is 5.91 Å². The Morgan fingerprint density at radius 3 is 2.31 bits per heavy atom. The third-order valence-corrected chi connectivity index (χ3v) is 7.26. The minimum absolute atomic E-state index is 0.182. The van der Waals surface area contributed by atoms with Gasteiger partial charge in [0.05, 0.1) is 45.4 Å². The SMILES string of the molecule is C=C/C=C(OCCCCCCCC)\C(=C/C)C(=O)Nc1ccc(SNCC[N+](C)(CC)CC)cc1. The van der Waals surface area contributed by atoms with Crippen LogP contribution in [-0.4, -0.2) is 50.2 Å². The van der Waals surface area contributed by atoms with Crippen LogP contribution in [-0.2, 0) is 9.53 Å². The summed E-state index contributed by atoms with van der Waals surface area (Å²) in [5.74, 6) is 0.382. The molecule has 0 bridgehead atoms. The zero-order chi connectivity index (χ0) is 25.9. The van der Waals surface area contributed by atoms with Crippen LogP contribution >= 0.6 is 11.9 Å². The number of likely N-dealkylation sites (N-methyl/N-ethyl adjacent to an activating group) is 1. The fourth-order valence-corrected chi connectivity index (χ4v) is 4.20. The maximum Gasteiger partial charge on any atom is 0.259 e. The molecule has 1 rings (SSSR count). The lowest BCUT2D eigenvalue weighted by Crippen LogP contribution is -2.46. The number of hydrogen-bond donors (Lipinski definition) is 2. The fourth-order valence-electron chi connectivity index (χ4n) is 3.57. The minimum Gasteiger partial charge on any atom is -0.493 e. The highest BCUT2D eigenvalue weighted by Crippen LogP contribution is 2.20. The van der Waals surface area contributed by atoms with Crippen LogP contribution in [0, 0.1) is 0 Å². The molecule has 0 heterocycles. The first kappa shape index (κ1) is 31.0. The molecular formula is C29H48N3O2S+. The number of anilines is 1. The highest BCUT2D eigenvalue weighted by atomic mass is 32.2. The number of carbonyl (C=O) groups is 1. The van der Waals surface area contributed by atoms with Crippen LogP contribution in [0.1, 0.15) is 66.2 Å². The molecule has 5 nitrogen and oxygen atoms in total. The number of carbonyl (C=O) groups excluding carboxylic acids is 1. The molecule has 1 amide bonds. The smallest absolute Gasteiger partial charge is 0.259 e. The number of amides is 1. The summed E-state index contributed by atoms with van der Waals surface area (Å²) < 4.78 is 10.5. The van der Waals surface area contributed by atoms with E-state index in [0.717, 1.165) is 54.1 Å². The van der Waals surface area contributed by atoms with Crippen LogP contribution in [0.5, 0.6) is 0 Å². The summed E-state index contributed by atoms with van der Waals surface area (Å²) in [6.07, 6.45) is 12.4. The number of ether oxygens (including phenoxy) is 1. The third kappa shape index (κ3) is 12.5. The van der Waals surface area contributed by atoms with Gasteiger partial charge in [0.15, 0.2) is 0 Å². The monoisotopic (exact) mass is 502 g/mol. The molecule has 0 aliphatic rings. The Balaban J connectivity index is 2.56. The largest absolute Gasteiger partial charge is 0.493 e. The van der Waals surface area contributed by atoms with E-state index in [4.69, 9.17) is 4.74 Å². The highest BCUT2D eigenvalue weighted by molar-refractivity contribution is 7.97. The van der Waals surface area contributed by atoms with E-state index >= 15 is 0 Å². The van der Waals surface area contributed by atoms with Crippen molar-refractivity contribution in [2.45, 2.75) is 71.1 Å². The van der Waals surface area contributed by atoms with Crippen LogP contribution in [0.15, 0.2) is 65.3 Å². The van der Waals surface area contributed by atoms with Gasteiger partial charge in [-0.2, -0.15) is 0 Å². The van der Waals surface area contributed by atoms with Crippen LogP contribution in [0.25, 0.3) is 0 Å². The molecule has 1 aromatic rings. The summed E-state index contributed by atoms with van der Waals surface area (Å²) in [6.45, 7) is 17.3. The lowest BCUT2D eigenvalue weighted by Gasteiger charge is -2.32. The molecule has 0 saturated heterocycles. The van der Waals surface area contributed by atoms with Crippen LogP contribution in [0.2, 0.25) is 0 Å². The van der Waals surface area contributed by atoms with Gasteiger partial charge in [0.25, 0.3) is 5.91 Å².